The van der Waals surface area contributed by atoms with Crippen LogP contribution in [-0.4, -0.2) is 35.9 Å². The van der Waals surface area contributed by atoms with Gasteiger partial charge in [-0.3, -0.25) is 0 Å². The summed E-state index contributed by atoms with van der Waals surface area (Å²) in [5.41, 5.74) is 0. The molecule has 192 valence electrons. The molecule has 0 bridgehead atoms. The minimum absolute atomic E-state index is 0.0400. The summed E-state index contributed by atoms with van der Waals surface area (Å²) in [6.45, 7) is 3.26. The Labute approximate surface area is 206 Å². The highest BCUT2D eigenvalue weighted by atomic mass is 32.2. The lowest BCUT2D eigenvalue weighted by Gasteiger charge is -2.21. The molecule has 0 aromatic rings. The lowest BCUT2D eigenvalue weighted by Crippen LogP contribution is -2.21. The van der Waals surface area contributed by atoms with Crippen LogP contribution in [0.1, 0.15) is 148 Å². The molecule has 1 N–H and O–H groups in total. The summed E-state index contributed by atoms with van der Waals surface area (Å²) < 4.78 is 5.90. The molecular formula is C29H58O2S. The lowest BCUT2D eigenvalue weighted by atomic mass is 9.85. The van der Waals surface area contributed by atoms with E-state index < -0.39 is 0 Å². The predicted molar refractivity (Wildman–Crippen MR) is 145 cm³/mol. The molecule has 1 rings (SSSR count). The summed E-state index contributed by atoms with van der Waals surface area (Å²) in [5, 5.41) is 9.55. The van der Waals surface area contributed by atoms with Crippen molar-refractivity contribution in [3.05, 3.63) is 0 Å². The van der Waals surface area contributed by atoms with Gasteiger partial charge >= 0.3 is 0 Å². The summed E-state index contributed by atoms with van der Waals surface area (Å²) in [6, 6.07) is 0. The van der Waals surface area contributed by atoms with E-state index in [0.29, 0.717) is 0 Å². The third-order valence-corrected chi connectivity index (χ3v) is 8.42. The van der Waals surface area contributed by atoms with Crippen LogP contribution in [0.2, 0.25) is 0 Å². The summed E-state index contributed by atoms with van der Waals surface area (Å²) in [5.74, 6) is 3.25. The molecule has 1 unspecified atom stereocenters. The van der Waals surface area contributed by atoms with Gasteiger partial charge < -0.3 is 9.84 Å². The van der Waals surface area contributed by atoms with E-state index in [-0.39, 0.29) is 12.7 Å². The van der Waals surface area contributed by atoms with Gasteiger partial charge in [0, 0.05) is 12.4 Å². The smallest absolute Gasteiger partial charge is 0.0895 e. The molecule has 0 amide bonds. The normalized spacial score (nSPS) is 15.9. The average Bonchev–Trinajstić information content (AvgIpc) is 2.83. The van der Waals surface area contributed by atoms with E-state index in [9.17, 15) is 5.11 Å². The van der Waals surface area contributed by atoms with E-state index >= 15 is 0 Å². The number of aliphatic hydroxyl groups excluding tert-OH is 1. The molecule has 0 heterocycles. The van der Waals surface area contributed by atoms with Crippen LogP contribution in [0.15, 0.2) is 0 Å². The summed E-state index contributed by atoms with van der Waals surface area (Å²) in [6.07, 6.45) is 31.1. The van der Waals surface area contributed by atoms with Gasteiger partial charge in [0.1, 0.15) is 0 Å². The van der Waals surface area contributed by atoms with Gasteiger partial charge in [0.2, 0.25) is 0 Å². The number of thioether (sulfide) groups is 1. The second-order valence-corrected chi connectivity index (χ2v) is 11.5. The van der Waals surface area contributed by atoms with Crippen LogP contribution in [0.25, 0.3) is 0 Å². The molecular weight excluding hydrogens is 412 g/mol. The van der Waals surface area contributed by atoms with Crippen molar-refractivity contribution >= 4 is 11.8 Å². The zero-order valence-corrected chi connectivity index (χ0v) is 22.6. The van der Waals surface area contributed by atoms with E-state index in [1.54, 1.807) is 0 Å². The fourth-order valence-electron chi connectivity index (χ4n) is 5.03. The number of unbranched alkanes of at least 4 members (excludes halogenated alkanes) is 14. The number of hydrogen-bond donors (Lipinski definition) is 1. The highest BCUT2D eigenvalue weighted by Gasteiger charge is 2.12. The van der Waals surface area contributed by atoms with Crippen LogP contribution in [0.4, 0.5) is 0 Å². The van der Waals surface area contributed by atoms with Crippen molar-refractivity contribution in [1.29, 1.82) is 0 Å². The van der Waals surface area contributed by atoms with Crippen molar-refractivity contribution in [1.82, 2.24) is 0 Å². The Balaban J connectivity index is 1.76. The lowest BCUT2D eigenvalue weighted by molar-refractivity contribution is 0.0260. The monoisotopic (exact) mass is 470 g/mol. The maximum Gasteiger partial charge on any atom is 0.0895 e. The van der Waals surface area contributed by atoms with Crippen molar-refractivity contribution in [2.75, 3.05) is 24.7 Å². The molecule has 0 aliphatic heterocycles. The minimum Gasteiger partial charge on any atom is -0.394 e. The maximum atomic E-state index is 9.55. The topological polar surface area (TPSA) is 29.5 Å². The quantitative estimate of drug-likeness (QED) is 0.142. The van der Waals surface area contributed by atoms with Gasteiger partial charge in [-0.1, -0.05) is 135 Å². The van der Waals surface area contributed by atoms with E-state index in [1.165, 1.54) is 141 Å². The van der Waals surface area contributed by atoms with Crippen LogP contribution in [-0.2, 0) is 4.74 Å². The van der Waals surface area contributed by atoms with Gasteiger partial charge in [-0.25, -0.2) is 0 Å². The molecule has 0 saturated heterocycles. The third-order valence-electron chi connectivity index (χ3n) is 7.23. The number of rotatable bonds is 24. The van der Waals surface area contributed by atoms with E-state index in [2.05, 4.69) is 6.92 Å². The predicted octanol–water partition coefficient (Wildman–Crippen LogP) is 9.33. The van der Waals surface area contributed by atoms with Gasteiger partial charge in [0.15, 0.2) is 0 Å². The Morgan fingerprint density at radius 1 is 0.719 bits per heavy atom. The molecule has 0 spiro atoms. The summed E-state index contributed by atoms with van der Waals surface area (Å²) in [7, 11) is 0. The van der Waals surface area contributed by atoms with Crippen molar-refractivity contribution in [3.63, 3.8) is 0 Å². The van der Waals surface area contributed by atoms with E-state index in [0.717, 1.165) is 24.7 Å². The Morgan fingerprint density at radius 2 is 1.28 bits per heavy atom. The van der Waals surface area contributed by atoms with Crippen LogP contribution < -0.4 is 0 Å². The SMILES string of the molecule is CCCCCCCCCCOC(CO)CSCCCCCCCCCCC1CCCCC1. The Hall–Kier alpha value is 0.270. The van der Waals surface area contributed by atoms with Crippen LogP contribution in [0, 0.1) is 5.92 Å². The molecule has 1 atom stereocenters. The molecule has 1 saturated carbocycles. The van der Waals surface area contributed by atoms with Crippen LogP contribution >= 0.6 is 11.8 Å². The van der Waals surface area contributed by atoms with Gasteiger partial charge in [0.25, 0.3) is 0 Å². The number of aliphatic hydroxyl groups is 1. The average molecular weight is 471 g/mol. The van der Waals surface area contributed by atoms with Crippen molar-refractivity contribution in [3.8, 4) is 0 Å². The maximum absolute atomic E-state index is 9.55. The first-order valence-electron chi connectivity index (χ1n) is 14.7. The van der Waals surface area contributed by atoms with Gasteiger partial charge in [-0.05, 0) is 24.5 Å². The summed E-state index contributed by atoms with van der Waals surface area (Å²) >= 11 is 1.97. The molecule has 0 aromatic heterocycles. The van der Waals surface area contributed by atoms with Crippen molar-refractivity contribution < 1.29 is 9.84 Å². The molecule has 3 heteroatoms. The molecule has 0 radical (unpaired) electrons. The first-order valence-corrected chi connectivity index (χ1v) is 15.8. The fraction of sp³-hybridized carbons (Fsp3) is 1.00. The largest absolute Gasteiger partial charge is 0.394 e. The molecule has 2 nitrogen and oxygen atoms in total. The fourth-order valence-corrected chi connectivity index (χ4v) is 6.07. The molecule has 1 aliphatic rings. The second-order valence-electron chi connectivity index (χ2n) is 10.3. The Morgan fingerprint density at radius 3 is 1.91 bits per heavy atom. The number of hydrogen-bond acceptors (Lipinski definition) is 3. The molecule has 32 heavy (non-hydrogen) atoms. The van der Waals surface area contributed by atoms with Gasteiger partial charge in [0.05, 0.1) is 12.7 Å². The van der Waals surface area contributed by atoms with E-state index in [4.69, 9.17) is 4.74 Å². The summed E-state index contributed by atoms with van der Waals surface area (Å²) in [4.78, 5) is 0. The van der Waals surface area contributed by atoms with Crippen LogP contribution in [0.5, 0.6) is 0 Å². The second kappa shape index (κ2) is 24.4. The molecule has 1 aliphatic carbocycles. The van der Waals surface area contributed by atoms with Gasteiger partial charge in [-0.15, -0.1) is 0 Å². The third kappa shape index (κ3) is 19.7. The van der Waals surface area contributed by atoms with E-state index in [1.807, 2.05) is 11.8 Å². The highest BCUT2D eigenvalue weighted by molar-refractivity contribution is 7.99. The zero-order valence-electron chi connectivity index (χ0n) is 21.8. The minimum atomic E-state index is 0.0400. The number of ether oxygens (including phenoxy) is 1. The first kappa shape index (κ1) is 30.3. The highest BCUT2D eigenvalue weighted by Crippen LogP contribution is 2.28. The van der Waals surface area contributed by atoms with Crippen molar-refractivity contribution in [2.24, 2.45) is 5.92 Å². The Bertz CT molecular complexity index is 357. The molecule has 1 fully saturated rings. The molecule has 0 aromatic carbocycles. The first-order chi connectivity index (χ1) is 15.9. The van der Waals surface area contributed by atoms with Crippen molar-refractivity contribution in [2.45, 2.75) is 154 Å². The van der Waals surface area contributed by atoms with Crippen LogP contribution in [0.3, 0.4) is 0 Å². The standard InChI is InChI=1S/C29H58O2S/c1-2-3-4-5-6-10-13-19-24-31-29(26-30)27-32-25-20-14-11-8-7-9-12-16-21-28-22-17-15-18-23-28/h28-30H,2-27H2,1H3. The zero-order chi connectivity index (χ0) is 23.0. The Kier molecular flexibility index (Phi) is 23.1. The van der Waals surface area contributed by atoms with Gasteiger partial charge in [-0.2, -0.15) is 11.8 Å².